The Morgan fingerprint density at radius 2 is 2.32 bits per heavy atom. The van der Waals surface area contributed by atoms with Crippen LogP contribution in [-0.2, 0) is 11.3 Å². The summed E-state index contributed by atoms with van der Waals surface area (Å²) < 4.78 is 1.69. The number of nitrogens with one attached hydrogen (secondary N) is 1. The molecular weight excluding hydrogens is 266 g/mol. The maximum Gasteiger partial charge on any atom is 0.224 e. The summed E-state index contributed by atoms with van der Waals surface area (Å²) in [6.45, 7) is 2.68. The third kappa shape index (κ3) is 4.80. The third-order valence-electron chi connectivity index (χ3n) is 3.51. The molecule has 0 aromatic carbocycles. The van der Waals surface area contributed by atoms with Crippen LogP contribution >= 0.6 is 12.4 Å². The van der Waals surface area contributed by atoms with E-state index in [1.54, 1.807) is 17.1 Å². The highest BCUT2D eigenvalue weighted by Crippen LogP contribution is 2.12. The van der Waals surface area contributed by atoms with E-state index in [1.807, 2.05) is 11.9 Å². The Labute approximate surface area is 119 Å². The van der Waals surface area contributed by atoms with Crippen molar-refractivity contribution in [3.63, 3.8) is 0 Å². The zero-order chi connectivity index (χ0) is 12.8. The van der Waals surface area contributed by atoms with E-state index in [9.17, 15) is 4.79 Å². The van der Waals surface area contributed by atoms with Gasteiger partial charge in [0.1, 0.15) is 0 Å². The summed E-state index contributed by atoms with van der Waals surface area (Å²) in [5.41, 5.74) is 0. The molecule has 1 aromatic heterocycles. The number of halogens is 1. The van der Waals surface area contributed by atoms with Gasteiger partial charge in [0.15, 0.2) is 0 Å². The summed E-state index contributed by atoms with van der Waals surface area (Å²) in [5.74, 6) is 0.192. The van der Waals surface area contributed by atoms with Crippen molar-refractivity contribution in [1.82, 2.24) is 25.2 Å². The topological polar surface area (TPSA) is 63.1 Å². The summed E-state index contributed by atoms with van der Waals surface area (Å²) in [5, 5.41) is 11.0. The van der Waals surface area contributed by atoms with E-state index in [-0.39, 0.29) is 18.3 Å². The average molecular weight is 288 g/mol. The number of hydrogen-bond donors (Lipinski definition) is 1. The second-order valence-electron chi connectivity index (χ2n) is 4.76. The molecule has 1 atom stereocenters. The van der Waals surface area contributed by atoms with Crippen LogP contribution in [0.2, 0.25) is 0 Å². The average Bonchev–Trinajstić information content (AvgIpc) is 2.75. The predicted octanol–water partition coefficient (Wildman–Crippen LogP) is 0.690. The fourth-order valence-corrected chi connectivity index (χ4v) is 2.33. The molecule has 0 saturated carbocycles. The SMILES string of the molecule is CN(C(=O)CCn1ccnn1)C1CCCNCC1.Cl. The molecule has 0 radical (unpaired) electrons. The number of rotatable bonds is 4. The Balaban J connectivity index is 0.00000180. The highest BCUT2D eigenvalue weighted by atomic mass is 35.5. The monoisotopic (exact) mass is 287 g/mol. The number of aromatic nitrogens is 3. The quantitative estimate of drug-likeness (QED) is 0.885. The van der Waals surface area contributed by atoms with Crippen molar-refractivity contribution in [3.05, 3.63) is 12.4 Å². The smallest absolute Gasteiger partial charge is 0.224 e. The van der Waals surface area contributed by atoms with Gasteiger partial charge >= 0.3 is 0 Å². The summed E-state index contributed by atoms with van der Waals surface area (Å²) in [4.78, 5) is 14.0. The van der Waals surface area contributed by atoms with Crippen LogP contribution in [0.25, 0.3) is 0 Å². The molecule has 0 bridgehead atoms. The Morgan fingerprint density at radius 3 is 3.05 bits per heavy atom. The summed E-state index contributed by atoms with van der Waals surface area (Å²) in [7, 11) is 1.92. The Hall–Kier alpha value is -1.14. The minimum absolute atomic E-state index is 0. The van der Waals surface area contributed by atoms with Gasteiger partial charge in [-0.25, -0.2) is 0 Å². The van der Waals surface area contributed by atoms with Gasteiger partial charge in [0.25, 0.3) is 0 Å². The van der Waals surface area contributed by atoms with Crippen molar-refractivity contribution in [2.45, 2.75) is 38.3 Å². The molecule has 1 aliphatic rings. The first kappa shape index (κ1) is 15.9. The minimum atomic E-state index is 0. The zero-order valence-corrected chi connectivity index (χ0v) is 12.1. The lowest BCUT2D eigenvalue weighted by molar-refractivity contribution is -0.132. The van der Waals surface area contributed by atoms with E-state index in [0.29, 0.717) is 19.0 Å². The minimum Gasteiger partial charge on any atom is -0.343 e. The van der Waals surface area contributed by atoms with Gasteiger partial charge in [-0.3, -0.25) is 9.48 Å². The normalized spacial score (nSPS) is 19.3. The maximum absolute atomic E-state index is 12.1. The number of amides is 1. The molecule has 108 valence electrons. The zero-order valence-electron chi connectivity index (χ0n) is 11.3. The van der Waals surface area contributed by atoms with Gasteiger partial charge in [0.2, 0.25) is 5.91 Å². The van der Waals surface area contributed by atoms with E-state index in [2.05, 4.69) is 15.6 Å². The lowest BCUT2D eigenvalue weighted by Gasteiger charge is -2.27. The first-order chi connectivity index (χ1) is 8.77. The van der Waals surface area contributed by atoms with Crippen molar-refractivity contribution in [3.8, 4) is 0 Å². The van der Waals surface area contributed by atoms with Gasteiger partial charge in [-0.15, -0.1) is 17.5 Å². The van der Waals surface area contributed by atoms with Gasteiger partial charge in [0, 0.05) is 25.7 Å². The van der Waals surface area contributed by atoms with E-state index < -0.39 is 0 Å². The molecule has 0 spiro atoms. The van der Waals surface area contributed by atoms with E-state index in [1.165, 1.54) is 0 Å². The highest BCUT2D eigenvalue weighted by molar-refractivity contribution is 5.85. The Morgan fingerprint density at radius 1 is 1.47 bits per heavy atom. The standard InChI is InChI=1S/C12H21N5O.ClH/c1-16(11-3-2-6-13-7-4-11)12(18)5-9-17-10-8-14-15-17;/h8,10-11,13H,2-7,9H2,1H3;1H. The van der Waals surface area contributed by atoms with Crippen LogP contribution in [0, 0.1) is 0 Å². The number of aryl methyl sites for hydroxylation is 1. The van der Waals surface area contributed by atoms with Crippen LogP contribution in [0.4, 0.5) is 0 Å². The summed E-state index contributed by atoms with van der Waals surface area (Å²) in [6.07, 6.45) is 7.19. The number of carbonyl (C=O) groups is 1. The fraction of sp³-hybridized carbons (Fsp3) is 0.750. The van der Waals surface area contributed by atoms with Gasteiger partial charge < -0.3 is 10.2 Å². The van der Waals surface area contributed by atoms with Crippen LogP contribution in [0.1, 0.15) is 25.7 Å². The maximum atomic E-state index is 12.1. The van der Waals surface area contributed by atoms with Crippen LogP contribution in [0.15, 0.2) is 12.4 Å². The lowest BCUT2D eigenvalue weighted by atomic mass is 10.1. The van der Waals surface area contributed by atoms with Crippen molar-refractivity contribution in [1.29, 1.82) is 0 Å². The molecule has 1 aromatic rings. The molecule has 1 fully saturated rings. The molecule has 19 heavy (non-hydrogen) atoms. The van der Waals surface area contributed by atoms with Crippen LogP contribution in [-0.4, -0.2) is 52.0 Å². The molecule has 0 aliphatic carbocycles. The molecule has 2 heterocycles. The van der Waals surface area contributed by atoms with Crippen molar-refractivity contribution >= 4 is 18.3 Å². The molecule has 1 saturated heterocycles. The largest absolute Gasteiger partial charge is 0.343 e. The first-order valence-electron chi connectivity index (χ1n) is 6.58. The lowest BCUT2D eigenvalue weighted by Crippen LogP contribution is -2.38. The highest BCUT2D eigenvalue weighted by Gasteiger charge is 2.20. The van der Waals surface area contributed by atoms with Crippen molar-refractivity contribution in [2.75, 3.05) is 20.1 Å². The van der Waals surface area contributed by atoms with Crippen molar-refractivity contribution < 1.29 is 4.79 Å². The molecule has 1 amide bonds. The Kier molecular flexibility index (Phi) is 6.80. The van der Waals surface area contributed by atoms with E-state index in [0.717, 1.165) is 32.4 Å². The molecule has 1 unspecified atom stereocenters. The second-order valence-corrected chi connectivity index (χ2v) is 4.76. The number of carbonyl (C=O) groups excluding carboxylic acids is 1. The molecule has 6 nitrogen and oxygen atoms in total. The number of hydrogen-bond acceptors (Lipinski definition) is 4. The van der Waals surface area contributed by atoms with Gasteiger partial charge in [0.05, 0.1) is 12.7 Å². The van der Waals surface area contributed by atoms with E-state index >= 15 is 0 Å². The second kappa shape index (κ2) is 8.12. The van der Waals surface area contributed by atoms with Crippen molar-refractivity contribution in [2.24, 2.45) is 0 Å². The van der Waals surface area contributed by atoms with Gasteiger partial charge in [-0.05, 0) is 32.4 Å². The van der Waals surface area contributed by atoms with E-state index in [4.69, 9.17) is 0 Å². The number of nitrogens with zero attached hydrogens (tertiary/aromatic N) is 4. The summed E-state index contributed by atoms with van der Waals surface area (Å²) >= 11 is 0. The molecule has 2 rings (SSSR count). The van der Waals surface area contributed by atoms with Gasteiger partial charge in [-0.1, -0.05) is 5.21 Å². The molecule has 7 heteroatoms. The first-order valence-corrected chi connectivity index (χ1v) is 6.58. The molecule has 1 N–H and O–H groups in total. The third-order valence-corrected chi connectivity index (χ3v) is 3.51. The van der Waals surface area contributed by atoms with Crippen LogP contribution < -0.4 is 5.32 Å². The van der Waals surface area contributed by atoms with Crippen LogP contribution in [0.3, 0.4) is 0 Å². The van der Waals surface area contributed by atoms with Crippen LogP contribution in [0.5, 0.6) is 0 Å². The molecule has 1 aliphatic heterocycles. The Bertz CT molecular complexity index is 362. The fourth-order valence-electron chi connectivity index (χ4n) is 2.33. The van der Waals surface area contributed by atoms with Gasteiger partial charge in [-0.2, -0.15) is 0 Å². The molecular formula is C12H22ClN5O. The predicted molar refractivity (Wildman–Crippen MR) is 75.2 cm³/mol. The summed E-state index contributed by atoms with van der Waals surface area (Å²) in [6, 6.07) is 0.378.